The van der Waals surface area contributed by atoms with E-state index in [-0.39, 0.29) is 0 Å². The van der Waals surface area contributed by atoms with Crippen LogP contribution in [0.2, 0.25) is 0 Å². The van der Waals surface area contributed by atoms with Crippen LogP contribution in [0.15, 0.2) is 24.3 Å². The van der Waals surface area contributed by atoms with Gasteiger partial charge in [0, 0.05) is 12.1 Å². The zero-order valence-electron chi connectivity index (χ0n) is 8.83. The Balaban J connectivity index is 2.32. The summed E-state index contributed by atoms with van der Waals surface area (Å²) >= 11 is 0. The van der Waals surface area contributed by atoms with Gasteiger partial charge in [-0.1, -0.05) is 18.2 Å². The lowest BCUT2D eigenvalue weighted by molar-refractivity contribution is 0.450. The molecule has 6 heteroatoms. The molecule has 1 aromatic carbocycles. The SMILES string of the molecule is Nc1ccccc1CCCC[S+]=S(=O)(O)O. The predicted octanol–water partition coefficient (Wildman–Crippen LogP) is 1.82. The van der Waals surface area contributed by atoms with Crippen molar-refractivity contribution in [1.82, 2.24) is 0 Å². The van der Waals surface area contributed by atoms with Crippen LogP contribution in [0, 0.1) is 0 Å². The Morgan fingerprint density at radius 2 is 1.94 bits per heavy atom. The van der Waals surface area contributed by atoms with Gasteiger partial charge in [-0.2, -0.15) is 4.21 Å². The second-order valence-electron chi connectivity index (χ2n) is 3.43. The molecular formula is C10H16NO3S2+. The Hall–Kier alpha value is -0.690. The maximum absolute atomic E-state index is 10.5. The molecule has 0 bridgehead atoms. The summed E-state index contributed by atoms with van der Waals surface area (Å²) in [7, 11) is -2.95. The van der Waals surface area contributed by atoms with Gasteiger partial charge >= 0.3 is 9.05 Å². The summed E-state index contributed by atoms with van der Waals surface area (Å²) in [5.41, 5.74) is 7.65. The number of anilines is 1. The largest absolute Gasteiger partial charge is 0.430 e. The smallest absolute Gasteiger partial charge is 0.399 e. The highest BCUT2D eigenvalue weighted by atomic mass is 32.9. The Bertz CT molecular complexity index is 445. The molecule has 0 atom stereocenters. The van der Waals surface area contributed by atoms with E-state index in [1.54, 1.807) is 0 Å². The fourth-order valence-corrected chi connectivity index (χ4v) is 2.89. The van der Waals surface area contributed by atoms with Crippen LogP contribution in [0.5, 0.6) is 0 Å². The van der Waals surface area contributed by atoms with Crippen LogP contribution in [-0.2, 0) is 25.8 Å². The van der Waals surface area contributed by atoms with E-state index in [1.807, 2.05) is 24.3 Å². The monoisotopic (exact) mass is 262 g/mol. The van der Waals surface area contributed by atoms with E-state index in [0.717, 1.165) is 30.5 Å². The summed E-state index contributed by atoms with van der Waals surface area (Å²) in [5.74, 6) is 0.471. The predicted molar refractivity (Wildman–Crippen MR) is 69.4 cm³/mol. The highest BCUT2D eigenvalue weighted by Gasteiger charge is 2.08. The van der Waals surface area contributed by atoms with Gasteiger partial charge in [-0.15, -0.1) is 0 Å². The number of hydrogen-bond donors (Lipinski definition) is 3. The van der Waals surface area contributed by atoms with Crippen LogP contribution in [-0.4, -0.2) is 19.1 Å². The molecule has 1 rings (SSSR count). The van der Waals surface area contributed by atoms with Crippen LogP contribution < -0.4 is 5.73 Å². The first kappa shape index (κ1) is 13.4. The Morgan fingerprint density at radius 1 is 1.25 bits per heavy atom. The van der Waals surface area contributed by atoms with Gasteiger partial charge in [0.15, 0.2) is 5.75 Å². The third-order valence-electron chi connectivity index (χ3n) is 2.13. The second-order valence-corrected chi connectivity index (χ2v) is 6.98. The number of nitrogens with two attached hydrogens (primary N) is 1. The van der Waals surface area contributed by atoms with Crippen LogP contribution in [0.25, 0.3) is 0 Å². The maximum atomic E-state index is 10.5. The lowest BCUT2D eigenvalue weighted by atomic mass is 10.1. The molecule has 16 heavy (non-hydrogen) atoms. The summed E-state index contributed by atoms with van der Waals surface area (Å²) < 4.78 is 27.7. The highest BCUT2D eigenvalue weighted by molar-refractivity contribution is 8.34. The van der Waals surface area contributed by atoms with Gasteiger partial charge in [0.2, 0.25) is 0 Å². The van der Waals surface area contributed by atoms with E-state index in [4.69, 9.17) is 14.8 Å². The number of rotatable bonds is 5. The first-order valence-corrected chi connectivity index (χ1v) is 7.93. The molecule has 0 aliphatic carbocycles. The second kappa shape index (κ2) is 6.15. The number of unbranched alkanes of at least 4 members (excludes halogenated alkanes) is 1. The van der Waals surface area contributed by atoms with Gasteiger partial charge < -0.3 is 5.73 Å². The van der Waals surface area contributed by atoms with Crippen molar-refractivity contribution in [2.75, 3.05) is 11.5 Å². The van der Waals surface area contributed by atoms with E-state index in [1.165, 1.54) is 0 Å². The quantitative estimate of drug-likeness (QED) is 0.429. The van der Waals surface area contributed by atoms with Crippen molar-refractivity contribution in [3.63, 3.8) is 0 Å². The molecule has 0 amide bonds. The van der Waals surface area contributed by atoms with Gasteiger partial charge in [0.25, 0.3) is 10.3 Å². The molecule has 0 aromatic heterocycles. The van der Waals surface area contributed by atoms with Gasteiger partial charge in [0.1, 0.15) is 0 Å². The molecule has 4 N–H and O–H groups in total. The van der Waals surface area contributed by atoms with Crippen LogP contribution in [0.3, 0.4) is 0 Å². The lowest BCUT2D eigenvalue weighted by Crippen LogP contribution is -1.99. The Labute approximate surface area is 99.2 Å². The van der Waals surface area contributed by atoms with Crippen molar-refractivity contribution >= 4 is 25.1 Å². The number of aryl methyl sites for hydroxylation is 1. The summed E-state index contributed by atoms with van der Waals surface area (Å²) in [6.07, 6.45) is 2.51. The molecule has 0 unspecified atom stereocenters. The van der Waals surface area contributed by atoms with E-state index >= 15 is 0 Å². The minimum absolute atomic E-state index is 0.471. The number of benzene rings is 1. The number of nitrogen functional groups attached to an aromatic ring is 1. The van der Waals surface area contributed by atoms with Crippen molar-refractivity contribution in [3.05, 3.63) is 29.8 Å². The molecule has 4 nitrogen and oxygen atoms in total. The average molecular weight is 262 g/mol. The standard InChI is InChI=1S/C10H15NO3S2/c11-10-7-2-1-5-9(10)6-3-4-8-15-16(12,13)14/h1-2,5,7H,3-4,6,8,11H2,(H-,12,13,14)/p+1. The van der Waals surface area contributed by atoms with Crippen molar-refractivity contribution < 1.29 is 13.3 Å². The molecule has 1 aromatic rings. The van der Waals surface area contributed by atoms with Crippen molar-refractivity contribution in [1.29, 1.82) is 0 Å². The molecule has 0 fully saturated rings. The molecule has 0 saturated carbocycles. The van der Waals surface area contributed by atoms with Crippen molar-refractivity contribution in [3.8, 4) is 0 Å². The van der Waals surface area contributed by atoms with Gasteiger partial charge in [0.05, 0.1) is 0 Å². The minimum Gasteiger partial charge on any atom is -0.399 e. The minimum atomic E-state index is -3.64. The number of para-hydroxylation sites is 1. The first-order valence-electron chi connectivity index (χ1n) is 4.96. The lowest BCUT2D eigenvalue weighted by Gasteiger charge is -2.02. The first-order chi connectivity index (χ1) is 7.49. The van der Waals surface area contributed by atoms with Crippen molar-refractivity contribution in [2.24, 2.45) is 0 Å². The molecule has 0 spiro atoms. The van der Waals surface area contributed by atoms with Crippen LogP contribution in [0.1, 0.15) is 18.4 Å². The summed E-state index contributed by atoms with van der Waals surface area (Å²) in [6, 6.07) is 7.66. The molecule has 90 valence electrons. The highest BCUT2D eigenvalue weighted by Crippen LogP contribution is 2.13. The zero-order valence-corrected chi connectivity index (χ0v) is 10.5. The van der Waals surface area contributed by atoms with Gasteiger partial charge in [-0.3, -0.25) is 9.11 Å². The Kier molecular flexibility index (Phi) is 5.14. The summed E-state index contributed by atoms with van der Waals surface area (Å²) in [6.45, 7) is 0. The third-order valence-corrected chi connectivity index (χ3v) is 4.32. The fourth-order valence-electron chi connectivity index (χ4n) is 1.35. The molecule has 0 aliphatic heterocycles. The van der Waals surface area contributed by atoms with Gasteiger partial charge in [-0.05, 0) is 24.5 Å². The Morgan fingerprint density at radius 3 is 2.56 bits per heavy atom. The zero-order chi connectivity index (χ0) is 12.0. The van der Waals surface area contributed by atoms with E-state index in [0.29, 0.717) is 16.1 Å². The van der Waals surface area contributed by atoms with E-state index < -0.39 is 9.05 Å². The van der Waals surface area contributed by atoms with E-state index in [2.05, 4.69) is 0 Å². The number of hydrogen-bond acceptors (Lipinski definition) is 2. The molecule has 0 aliphatic rings. The summed E-state index contributed by atoms with van der Waals surface area (Å²) in [5, 5.41) is 0. The molecular weight excluding hydrogens is 246 g/mol. The third kappa shape index (κ3) is 5.41. The topological polar surface area (TPSA) is 83.6 Å². The van der Waals surface area contributed by atoms with Crippen LogP contribution >= 0.6 is 0 Å². The van der Waals surface area contributed by atoms with Crippen LogP contribution in [0.4, 0.5) is 5.69 Å². The van der Waals surface area contributed by atoms with E-state index in [9.17, 15) is 4.21 Å². The molecule has 0 radical (unpaired) electrons. The molecule has 0 heterocycles. The van der Waals surface area contributed by atoms with Gasteiger partial charge in [-0.25, -0.2) is 0 Å². The van der Waals surface area contributed by atoms with Crippen molar-refractivity contribution in [2.45, 2.75) is 19.3 Å². The fraction of sp³-hybridized carbons (Fsp3) is 0.400. The molecule has 0 saturated heterocycles. The summed E-state index contributed by atoms with van der Waals surface area (Å²) in [4.78, 5) is 0. The normalized spacial score (nSPS) is 11.4. The average Bonchev–Trinajstić information content (AvgIpc) is 2.18. The maximum Gasteiger partial charge on any atom is 0.430 e.